The van der Waals surface area contributed by atoms with Crippen molar-refractivity contribution in [1.29, 1.82) is 0 Å². The van der Waals surface area contributed by atoms with Gasteiger partial charge in [-0.3, -0.25) is 25.8 Å². The zero-order chi connectivity index (χ0) is 21.4. The van der Waals surface area contributed by atoms with Crippen LogP contribution in [-0.2, 0) is 9.53 Å². The van der Waals surface area contributed by atoms with E-state index in [9.17, 15) is 14.4 Å². The normalized spacial score (nSPS) is 9.90. The van der Waals surface area contributed by atoms with E-state index in [4.69, 9.17) is 17.0 Å². The van der Waals surface area contributed by atoms with E-state index in [1.165, 1.54) is 25.3 Å². The number of benzene rings is 2. The van der Waals surface area contributed by atoms with Crippen LogP contribution in [0.1, 0.15) is 31.8 Å². The van der Waals surface area contributed by atoms with Gasteiger partial charge in [-0.2, -0.15) is 0 Å². The van der Waals surface area contributed by atoms with Gasteiger partial charge in [-0.05, 0) is 55.9 Å². The van der Waals surface area contributed by atoms with Crippen LogP contribution < -0.4 is 20.9 Å². The molecule has 0 spiro atoms. The molecule has 0 saturated heterocycles. The summed E-state index contributed by atoms with van der Waals surface area (Å²) in [6.07, 6.45) is 0. The van der Waals surface area contributed by atoms with Crippen LogP contribution in [0.2, 0.25) is 0 Å². The van der Waals surface area contributed by atoms with Gasteiger partial charge in [0.1, 0.15) is 5.75 Å². The monoisotopic (exact) mass is 415 g/mol. The second-order valence-corrected chi connectivity index (χ2v) is 6.49. The van der Waals surface area contributed by atoms with Gasteiger partial charge in [0, 0.05) is 5.56 Å². The van der Waals surface area contributed by atoms with Crippen molar-refractivity contribution >= 4 is 35.1 Å². The average Bonchev–Trinajstić information content (AvgIpc) is 2.71. The molecule has 0 aliphatic heterocycles. The number of aryl methyl sites for hydroxylation is 2. The van der Waals surface area contributed by atoms with Gasteiger partial charge in [-0.1, -0.05) is 23.8 Å². The van der Waals surface area contributed by atoms with Crippen molar-refractivity contribution in [2.24, 2.45) is 0 Å². The minimum atomic E-state index is -0.559. The zero-order valence-corrected chi connectivity index (χ0v) is 17.0. The number of hydrazine groups is 1. The van der Waals surface area contributed by atoms with Crippen molar-refractivity contribution in [3.63, 3.8) is 0 Å². The third kappa shape index (κ3) is 6.58. The van der Waals surface area contributed by atoms with E-state index >= 15 is 0 Å². The summed E-state index contributed by atoms with van der Waals surface area (Å²) < 4.78 is 10.1. The number of nitrogens with one attached hydrogen (secondary N) is 3. The number of rotatable bonds is 5. The van der Waals surface area contributed by atoms with E-state index in [2.05, 4.69) is 20.9 Å². The van der Waals surface area contributed by atoms with Gasteiger partial charge in [0.25, 0.3) is 11.8 Å². The molecule has 0 radical (unpaired) electrons. The molecule has 2 amide bonds. The van der Waals surface area contributed by atoms with Gasteiger partial charge < -0.3 is 9.47 Å². The minimum Gasteiger partial charge on any atom is -0.483 e. The highest BCUT2D eigenvalue weighted by Gasteiger charge is 2.12. The maximum Gasteiger partial charge on any atom is 0.337 e. The van der Waals surface area contributed by atoms with Crippen molar-refractivity contribution in [1.82, 2.24) is 16.2 Å². The Hall–Kier alpha value is -3.46. The molecule has 0 heterocycles. The number of hydrogen-bond donors (Lipinski definition) is 3. The fourth-order valence-electron chi connectivity index (χ4n) is 2.38. The third-order valence-corrected chi connectivity index (χ3v) is 3.98. The smallest absolute Gasteiger partial charge is 0.337 e. The Morgan fingerprint density at radius 3 is 2.41 bits per heavy atom. The van der Waals surface area contributed by atoms with Crippen LogP contribution in [0.15, 0.2) is 42.5 Å². The van der Waals surface area contributed by atoms with Crippen molar-refractivity contribution in [2.75, 3.05) is 13.7 Å². The van der Waals surface area contributed by atoms with Gasteiger partial charge >= 0.3 is 5.97 Å². The Labute approximate surface area is 173 Å². The SMILES string of the molecule is COC(=O)c1cccc(C(=O)NC(=S)NNC(=O)COc2ccc(C)cc2C)c1. The molecule has 152 valence electrons. The second kappa shape index (κ2) is 10.2. The lowest BCUT2D eigenvalue weighted by Crippen LogP contribution is -2.49. The highest BCUT2D eigenvalue weighted by molar-refractivity contribution is 7.80. The quantitative estimate of drug-likeness (QED) is 0.388. The Bertz CT molecular complexity index is 945. The Morgan fingerprint density at radius 2 is 1.72 bits per heavy atom. The van der Waals surface area contributed by atoms with E-state index in [0.717, 1.165) is 11.1 Å². The molecule has 2 aromatic carbocycles. The summed E-state index contributed by atoms with van der Waals surface area (Å²) in [7, 11) is 1.25. The maximum absolute atomic E-state index is 12.2. The first-order chi connectivity index (χ1) is 13.8. The highest BCUT2D eigenvalue weighted by Crippen LogP contribution is 2.18. The molecular formula is C20H21N3O5S. The summed E-state index contributed by atoms with van der Waals surface area (Å²) in [5.41, 5.74) is 7.21. The number of carbonyl (C=O) groups is 3. The van der Waals surface area contributed by atoms with E-state index in [1.807, 2.05) is 26.0 Å². The Balaban J connectivity index is 1.81. The first kappa shape index (κ1) is 21.8. The Morgan fingerprint density at radius 1 is 1.00 bits per heavy atom. The number of esters is 1. The number of hydrogen-bond acceptors (Lipinski definition) is 6. The molecule has 0 bridgehead atoms. The lowest BCUT2D eigenvalue weighted by atomic mass is 10.1. The van der Waals surface area contributed by atoms with Gasteiger partial charge in [-0.25, -0.2) is 4.79 Å². The summed E-state index contributed by atoms with van der Waals surface area (Å²) in [6.45, 7) is 3.63. The van der Waals surface area contributed by atoms with Crippen molar-refractivity contribution in [3.05, 3.63) is 64.7 Å². The summed E-state index contributed by atoms with van der Waals surface area (Å²) in [5.74, 6) is -0.980. The number of carbonyl (C=O) groups excluding carboxylic acids is 3. The van der Waals surface area contributed by atoms with Crippen LogP contribution in [0.3, 0.4) is 0 Å². The molecule has 0 aliphatic rings. The first-order valence-electron chi connectivity index (χ1n) is 8.58. The molecule has 0 atom stereocenters. The molecular weight excluding hydrogens is 394 g/mol. The molecule has 2 rings (SSSR count). The van der Waals surface area contributed by atoms with E-state index in [0.29, 0.717) is 5.75 Å². The number of methoxy groups -OCH3 is 1. The van der Waals surface area contributed by atoms with E-state index in [1.54, 1.807) is 12.1 Å². The summed E-state index contributed by atoms with van der Waals surface area (Å²) >= 11 is 4.98. The summed E-state index contributed by atoms with van der Waals surface area (Å²) in [5, 5.41) is 2.29. The lowest BCUT2D eigenvalue weighted by Gasteiger charge is -2.12. The molecule has 9 heteroatoms. The van der Waals surface area contributed by atoms with Gasteiger partial charge in [0.2, 0.25) is 0 Å². The van der Waals surface area contributed by atoms with Gasteiger partial charge in [0.15, 0.2) is 11.7 Å². The topological polar surface area (TPSA) is 106 Å². The standard InChI is InChI=1S/C20H21N3O5S/c1-12-7-8-16(13(2)9-12)28-11-17(24)22-23-20(29)21-18(25)14-5-4-6-15(10-14)19(26)27-3/h4-10H,11H2,1-3H3,(H,22,24)(H2,21,23,25,29). The van der Waals surface area contributed by atoms with Crippen LogP contribution in [0, 0.1) is 13.8 Å². The molecule has 0 saturated carbocycles. The van der Waals surface area contributed by atoms with Crippen LogP contribution in [0.4, 0.5) is 0 Å². The van der Waals surface area contributed by atoms with Gasteiger partial charge in [-0.15, -0.1) is 0 Å². The average molecular weight is 415 g/mol. The molecule has 0 aromatic heterocycles. The molecule has 0 aliphatic carbocycles. The maximum atomic E-state index is 12.2. The summed E-state index contributed by atoms with van der Waals surface area (Å²) in [4.78, 5) is 35.6. The Kier molecular flexibility index (Phi) is 7.67. The molecule has 2 aromatic rings. The number of thiocarbonyl (C=S) groups is 1. The fourth-order valence-corrected chi connectivity index (χ4v) is 2.52. The van der Waals surface area contributed by atoms with Crippen molar-refractivity contribution in [3.8, 4) is 5.75 Å². The predicted octanol–water partition coefficient (Wildman–Crippen LogP) is 1.80. The number of ether oxygens (including phenoxy) is 2. The third-order valence-electron chi connectivity index (χ3n) is 3.78. The molecule has 8 nitrogen and oxygen atoms in total. The fraction of sp³-hybridized carbons (Fsp3) is 0.200. The second-order valence-electron chi connectivity index (χ2n) is 6.09. The summed E-state index contributed by atoms with van der Waals surface area (Å²) in [6, 6.07) is 11.6. The van der Waals surface area contributed by atoms with Crippen molar-refractivity contribution in [2.45, 2.75) is 13.8 Å². The van der Waals surface area contributed by atoms with Gasteiger partial charge in [0.05, 0.1) is 12.7 Å². The van der Waals surface area contributed by atoms with E-state index in [-0.39, 0.29) is 22.8 Å². The van der Waals surface area contributed by atoms with E-state index < -0.39 is 17.8 Å². The largest absolute Gasteiger partial charge is 0.483 e. The zero-order valence-electron chi connectivity index (χ0n) is 16.2. The predicted molar refractivity (Wildman–Crippen MR) is 111 cm³/mol. The molecule has 0 unspecified atom stereocenters. The van der Waals surface area contributed by atoms with Crippen molar-refractivity contribution < 1.29 is 23.9 Å². The van der Waals surface area contributed by atoms with Crippen LogP contribution >= 0.6 is 12.2 Å². The highest BCUT2D eigenvalue weighted by atomic mass is 32.1. The minimum absolute atomic E-state index is 0.113. The molecule has 0 fully saturated rings. The van der Waals surface area contributed by atoms with Crippen LogP contribution in [-0.4, -0.2) is 36.6 Å². The number of amides is 2. The molecule has 3 N–H and O–H groups in total. The molecule has 29 heavy (non-hydrogen) atoms. The van der Waals surface area contributed by atoms with Crippen LogP contribution in [0.5, 0.6) is 5.75 Å². The van der Waals surface area contributed by atoms with Crippen LogP contribution in [0.25, 0.3) is 0 Å². The lowest BCUT2D eigenvalue weighted by molar-refractivity contribution is -0.123. The first-order valence-corrected chi connectivity index (χ1v) is 8.99.